The summed E-state index contributed by atoms with van der Waals surface area (Å²) in [4.78, 5) is 16.9. The molecule has 0 aliphatic carbocycles. The highest BCUT2D eigenvalue weighted by Crippen LogP contribution is 2.26. The van der Waals surface area contributed by atoms with Gasteiger partial charge < -0.3 is 10.6 Å². The standard InChI is InChI=1S/C16H19N3OS.2ClH/c1-2-13(16-18-9-10-21-16)19-15(20)12-5-3-7-14-11(12)6-4-8-17-14;;/h3,5,7,9-10,13,17H,2,4,6,8H2,1H3,(H,19,20);2*1H. The number of amides is 1. The number of rotatable bonds is 4. The normalized spacial score (nSPS) is 13.6. The predicted octanol–water partition coefficient (Wildman–Crippen LogP) is 4.23. The Hall–Kier alpha value is -1.30. The summed E-state index contributed by atoms with van der Waals surface area (Å²) in [6, 6.07) is 5.89. The van der Waals surface area contributed by atoms with Gasteiger partial charge in [0.25, 0.3) is 5.91 Å². The van der Waals surface area contributed by atoms with E-state index in [0.29, 0.717) is 0 Å². The van der Waals surface area contributed by atoms with E-state index < -0.39 is 0 Å². The van der Waals surface area contributed by atoms with Gasteiger partial charge in [0.2, 0.25) is 0 Å². The maximum atomic E-state index is 12.6. The average Bonchev–Trinajstić information content (AvgIpc) is 3.06. The van der Waals surface area contributed by atoms with Crippen LogP contribution < -0.4 is 10.6 Å². The van der Waals surface area contributed by atoms with Crippen LogP contribution in [0, 0.1) is 0 Å². The Morgan fingerprint density at radius 3 is 2.96 bits per heavy atom. The largest absolute Gasteiger partial charge is 0.385 e. The highest BCUT2D eigenvalue weighted by Gasteiger charge is 2.20. The fourth-order valence-electron chi connectivity index (χ4n) is 2.70. The van der Waals surface area contributed by atoms with Crippen molar-refractivity contribution in [2.45, 2.75) is 32.2 Å². The number of anilines is 1. The van der Waals surface area contributed by atoms with E-state index in [1.165, 1.54) is 0 Å². The second-order valence-corrected chi connectivity index (χ2v) is 6.09. The SMILES string of the molecule is CCC(NC(=O)c1cccc2c1CCCN2)c1nccs1.Cl.Cl. The minimum absolute atomic E-state index is 0. The van der Waals surface area contributed by atoms with E-state index in [2.05, 4.69) is 22.5 Å². The molecule has 2 aromatic rings. The molecule has 126 valence electrons. The number of carbonyl (C=O) groups is 1. The third-order valence-corrected chi connectivity index (χ3v) is 4.69. The first-order valence-corrected chi connectivity index (χ1v) is 8.23. The Balaban J connectivity index is 0.00000132. The molecule has 4 nitrogen and oxygen atoms in total. The average molecular weight is 374 g/mol. The number of benzene rings is 1. The number of fused-ring (bicyclic) bond motifs is 1. The molecule has 1 aromatic carbocycles. The predicted molar refractivity (Wildman–Crippen MR) is 100 cm³/mol. The smallest absolute Gasteiger partial charge is 0.252 e. The molecular formula is C16H21Cl2N3OS. The van der Waals surface area contributed by atoms with E-state index in [9.17, 15) is 4.79 Å². The van der Waals surface area contributed by atoms with E-state index >= 15 is 0 Å². The van der Waals surface area contributed by atoms with Gasteiger partial charge in [0.05, 0.1) is 6.04 Å². The molecular weight excluding hydrogens is 353 g/mol. The van der Waals surface area contributed by atoms with Crippen LogP contribution in [0.2, 0.25) is 0 Å². The Morgan fingerprint density at radius 2 is 2.26 bits per heavy atom. The van der Waals surface area contributed by atoms with Crippen molar-refractivity contribution in [3.05, 3.63) is 45.9 Å². The van der Waals surface area contributed by atoms with Crippen LogP contribution >= 0.6 is 36.2 Å². The molecule has 1 aliphatic rings. The number of hydrogen-bond donors (Lipinski definition) is 2. The summed E-state index contributed by atoms with van der Waals surface area (Å²) in [6.07, 6.45) is 4.65. The number of thiazole rings is 1. The Morgan fingerprint density at radius 1 is 1.43 bits per heavy atom. The third kappa shape index (κ3) is 4.37. The van der Waals surface area contributed by atoms with Crippen LogP contribution in [0.3, 0.4) is 0 Å². The summed E-state index contributed by atoms with van der Waals surface area (Å²) in [5, 5.41) is 9.39. The molecule has 0 saturated heterocycles. The lowest BCUT2D eigenvalue weighted by Crippen LogP contribution is -2.29. The molecule has 1 amide bonds. The zero-order valence-electron chi connectivity index (χ0n) is 12.9. The number of aromatic nitrogens is 1. The first-order chi connectivity index (χ1) is 10.3. The number of nitrogens with one attached hydrogen (secondary N) is 2. The van der Waals surface area contributed by atoms with Crippen LogP contribution in [0.5, 0.6) is 0 Å². The van der Waals surface area contributed by atoms with Crippen molar-refractivity contribution in [3.8, 4) is 0 Å². The zero-order valence-corrected chi connectivity index (χ0v) is 15.3. The zero-order chi connectivity index (χ0) is 14.7. The topological polar surface area (TPSA) is 54.0 Å². The van der Waals surface area contributed by atoms with Gasteiger partial charge in [-0.3, -0.25) is 4.79 Å². The molecule has 23 heavy (non-hydrogen) atoms. The first kappa shape index (κ1) is 19.7. The van der Waals surface area contributed by atoms with Crippen LogP contribution in [-0.2, 0) is 6.42 Å². The highest BCUT2D eigenvalue weighted by atomic mass is 35.5. The van der Waals surface area contributed by atoms with Gasteiger partial charge in [-0.15, -0.1) is 36.2 Å². The lowest BCUT2D eigenvalue weighted by Gasteiger charge is -2.22. The molecule has 0 radical (unpaired) electrons. The van der Waals surface area contributed by atoms with Gasteiger partial charge in [0, 0.05) is 29.4 Å². The summed E-state index contributed by atoms with van der Waals surface area (Å²) in [7, 11) is 0. The molecule has 1 unspecified atom stereocenters. The summed E-state index contributed by atoms with van der Waals surface area (Å²) in [5.41, 5.74) is 3.01. The van der Waals surface area contributed by atoms with Crippen LogP contribution in [-0.4, -0.2) is 17.4 Å². The summed E-state index contributed by atoms with van der Waals surface area (Å²) < 4.78 is 0. The molecule has 0 bridgehead atoms. The van der Waals surface area contributed by atoms with Gasteiger partial charge in [-0.2, -0.15) is 0 Å². The third-order valence-electron chi connectivity index (χ3n) is 3.80. The highest BCUT2D eigenvalue weighted by molar-refractivity contribution is 7.09. The number of carbonyl (C=O) groups excluding carboxylic acids is 1. The van der Waals surface area contributed by atoms with Gasteiger partial charge in [-0.1, -0.05) is 13.0 Å². The molecule has 1 aliphatic heterocycles. The second kappa shape index (κ2) is 9.11. The molecule has 7 heteroatoms. The lowest BCUT2D eigenvalue weighted by molar-refractivity contribution is 0.0934. The van der Waals surface area contributed by atoms with E-state index in [4.69, 9.17) is 0 Å². The van der Waals surface area contributed by atoms with Crippen molar-refractivity contribution in [2.24, 2.45) is 0 Å². The second-order valence-electron chi connectivity index (χ2n) is 5.17. The van der Waals surface area contributed by atoms with Gasteiger partial charge in [-0.05, 0) is 37.0 Å². The fourth-order valence-corrected chi connectivity index (χ4v) is 3.48. The quantitative estimate of drug-likeness (QED) is 0.842. The van der Waals surface area contributed by atoms with Gasteiger partial charge in [-0.25, -0.2) is 4.98 Å². The minimum atomic E-state index is -0.00935. The minimum Gasteiger partial charge on any atom is -0.385 e. The van der Waals surface area contributed by atoms with Crippen LogP contribution in [0.25, 0.3) is 0 Å². The van der Waals surface area contributed by atoms with Crippen LogP contribution in [0.4, 0.5) is 5.69 Å². The van der Waals surface area contributed by atoms with E-state index in [1.54, 1.807) is 17.5 Å². The van der Waals surface area contributed by atoms with Gasteiger partial charge >= 0.3 is 0 Å². The van der Waals surface area contributed by atoms with Crippen LogP contribution in [0.1, 0.15) is 46.7 Å². The van der Waals surface area contributed by atoms with Crippen molar-refractivity contribution < 1.29 is 4.79 Å². The summed E-state index contributed by atoms with van der Waals surface area (Å²) in [6.45, 7) is 3.04. The van der Waals surface area contributed by atoms with Crippen molar-refractivity contribution in [1.29, 1.82) is 0 Å². The Bertz CT molecular complexity index is 634. The molecule has 0 spiro atoms. The molecule has 1 atom stereocenters. The maximum absolute atomic E-state index is 12.6. The molecule has 2 N–H and O–H groups in total. The summed E-state index contributed by atoms with van der Waals surface area (Å²) >= 11 is 1.58. The van der Waals surface area contributed by atoms with E-state index in [-0.39, 0.29) is 36.8 Å². The van der Waals surface area contributed by atoms with Crippen molar-refractivity contribution >= 4 is 47.7 Å². The fraction of sp³-hybridized carbons (Fsp3) is 0.375. The Labute approximate surface area is 152 Å². The molecule has 0 fully saturated rings. The first-order valence-electron chi connectivity index (χ1n) is 7.35. The molecule has 0 saturated carbocycles. The number of halogens is 2. The van der Waals surface area contributed by atoms with Gasteiger partial charge in [0.1, 0.15) is 5.01 Å². The lowest BCUT2D eigenvalue weighted by atomic mass is 9.97. The maximum Gasteiger partial charge on any atom is 0.252 e. The van der Waals surface area contributed by atoms with Crippen molar-refractivity contribution in [1.82, 2.24) is 10.3 Å². The number of nitrogens with zero attached hydrogens (tertiary/aromatic N) is 1. The summed E-state index contributed by atoms with van der Waals surface area (Å²) in [5.74, 6) is -0.00222. The van der Waals surface area contributed by atoms with E-state index in [0.717, 1.165) is 47.6 Å². The molecule has 3 rings (SSSR count). The molecule has 2 heterocycles. The van der Waals surface area contributed by atoms with Crippen LogP contribution in [0.15, 0.2) is 29.8 Å². The van der Waals surface area contributed by atoms with Crippen molar-refractivity contribution in [2.75, 3.05) is 11.9 Å². The monoisotopic (exact) mass is 373 g/mol. The van der Waals surface area contributed by atoms with Crippen molar-refractivity contribution in [3.63, 3.8) is 0 Å². The Kier molecular flexibility index (Phi) is 7.82. The van der Waals surface area contributed by atoms with Gasteiger partial charge in [0.15, 0.2) is 0 Å². The molecule has 1 aromatic heterocycles. The number of hydrogen-bond acceptors (Lipinski definition) is 4. The van der Waals surface area contributed by atoms with E-state index in [1.807, 2.05) is 23.6 Å².